The second-order valence-electron chi connectivity index (χ2n) is 7.42. The lowest BCUT2D eigenvalue weighted by Gasteiger charge is -2.20. The molecule has 1 amide bonds. The van der Waals surface area contributed by atoms with Crippen LogP contribution in [0.2, 0.25) is 0 Å². The number of anilines is 1. The van der Waals surface area contributed by atoms with Gasteiger partial charge in [-0.25, -0.2) is 13.4 Å². The molecule has 2 aromatic carbocycles. The molecule has 1 heterocycles. The summed E-state index contributed by atoms with van der Waals surface area (Å²) in [4.78, 5) is 17.5. The molecule has 176 valence electrons. The van der Waals surface area contributed by atoms with Crippen molar-refractivity contribution in [1.82, 2.24) is 9.29 Å². The summed E-state index contributed by atoms with van der Waals surface area (Å²) in [6.07, 6.45) is 0.0704. The van der Waals surface area contributed by atoms with Gasteiger partial charge in [0, 0.05) is 24.0 Å². The SMILES string of the molecule is CCOc1ccc(S(=O)(=O)N(CC)CC)cc1NC(=O)Cc1csc(-c2ccc(C)cc2)n1. The lowest BCUT2D eigenvalue weighted by Crippen LogP contribution is -2.30. The van der Waals surface area contributed by atoms with Crippen molar-refractivity contribution in [2.24, 2.45) is 0 Å². The van der Waals surface area contributed by atoms with Crippen LogP contribution in [-0.4, -0.2) is 43.3 Å². The summed E-state index contributed by atoms with van der Waals surface area (Å²) in [7, 11) is -3.66. The first-order chi connectivity index (χ1) is 15.8. The highest BCUT2D eigenvalue weighted by atomic mass is 32.2. The Labute approximate surface area is 199 Å². The summed E-state index contributed by atoms with van der Waals surface area (Å²) in [6, 6.07) is 12.6. The Hall–Kier alpha value is -2.75. The molecule has 0 saturated heterocycles. The maximum Gasteiger partial charge on any atom is 0.243 e. The van der Waals surface area contributed by atoms with Gasteiger partial charge in [0.05, 0.1) is 29.3 Å². The van der Waals surface area contributed by atoms with Gasteiger partial charge < -0.3 is 10.1 Å². The predicted molar refractivity (Wildman–Crippen MR) is 132 cm³/mol. The molecular formula is C24H29N3O4S2. The number of hydrogen-bond donors (Lipinski definition) is 1. The molecule has 3 rings (SSSR count). The van der Waals surface area contributed by atoms with E-state index in [1.54, 1.807) is 19.9 Å². The van der Waals surface area contributed by atoms with E-state index in [0.29, 0.717) is 36.8 Å². The molecule has 1 aromatic heterocycles. The highest BCUT2D eigenvalue weighted by Gasteiger charge is 2.23. The normalized spacial score (nSPS) is 11.5. The van der Waals surface area contributed by atoms with Crippen LogP contribution < -0.4 is 10.1 Å². The van der Waals surface area contributed by atoms with Gasteiger partial charge in [0.1, 0.15) is 10.8 Å². The first-order valence-electron chi connectivity index (χ1n) is 10.9. The van der Waals surface area contributed by atoms with E-state index in [1.165, 1.54) is 33.3 Å². The second-order valence-corrected chi connectivity index (χ2v) is 10.2. The first kappa shape index (κ1) is 24.9. The number of carbonyl (C=O) groups is 1. The van der Waals surface area contributed by atoms with Gasteiger partial charge in [-0.3, -0.25) is 4.79 Å². The highest BCUT2D eigenvalue weighted by molar-refractivity contribution is 7.89. The topological polar surface area (TPSA) is 88.6 Å². The van der Waals surface area contributed by atoms with Crippen molar-refractivity contribution in [2.75, 3.05) is 25.0 Å². The van der Waals surface area contributed by atoms with Crippen molar-refractivity contribution in [3.63, 3.8) is 0 Å². The van der Waals surface area contributed by atoms with Gasteiger partial charge >= 0.3 is 0 Å². The summed E-state index contributed by atoms with van der Waals surface area (Å²) < 4.78 is 32.8. The van der Waals surface area contributed by atoms with Crippen LogP contribution in [0.25, 0.3) is 10.6 Å². The average Bonchev–Trinajstić information content (AvgIpc) is 3.24. The number of nitrogens with one attached hydrogen (secondary N) is 1. The zero-order valence-corrected chi connectivity index (χ0v) is 20.9. The van der Waals surface area contributed by atoms with E-state index in [1.807, 2.05) is 43.5 Å². The molecule has 0 spiro atoms. The van der Waals surface area contributed by atoms with Crippen molar-refractivity contribution in [3.05, 3.63) is 59.1 Å². The molecule has 0 saturated carbocycles. The third-order valence-corrected chi connectivity index (χ3v) is 8.05. The number of aryl methyl sites for hydroxylation is 1. The van der Waals surface area contributed by atoms with Gasteiger partial charge in [-0.2, -0.15) is 4.31 Å². The summed E-state index contributed by atoms with van der Waals surface area (Å²) in [5.74, 6) is 0.122. The van der Waals surface area contributed by atoms with Crippen LogP contribution in [0.4, 0.5) is 5.69 Å². The molecule has 9 heteroatoms. The fraction of sp³-hybridized carbons (Fsp3) is 0.333. The van der Waals surface area contributed by atoms with Crippen molar-refractivity contribution in [3.8, 4) is 16.3 Å². The number of benzene rings is 2. The van der Waals surface area contributed by atoms with Gasteiger partial charge in [0.25, 0.3) is 0 Å². The van der Waals surface area contributed by atoms with Crippen LogP contribution in [0.1, 0.15) is 32.0 Å². The summed E-state index contributed by atoms with van der Waals surface area (Å²) in [5.41, 5.74) is 3.15. The Bertz CT molecular complexity index is 1200. The highest BCUT2D eigenvalue weighted by Crippen LogP contribution is 2.30. The standard InChI is InChI=1S/C24H29N3O4S2/c1-5-27(6-2)33(29,30)20-12-13-22(31-7-3)21(15-20)26-23(28)14-19-16-32-24(25-19)18-10-8-17(4)9-11-18/h8-13,15-16H,5-7,14H2,1-4H3,(H,26,28). The summed E-state index contributed by atoms with van der Waals surface area (Å²) in [5, 5.41) is 5.51. The zero-order valence-electron chi connectivity index (χ0n) is 19.3. The predicted octanol–water partition coefficient (Wildman–Crippen LogP) is 4.73. The number of thiazole rings is 1. The van der Waals surface area contributed by atoms with Gasteiger partial charge in [-0.1, -0.05) is 43.7 Å². The van der Waals surface area contributed by atoms with E-state index < -0.39 is 10.0 Å². The molecular weight excluding hydrogens is 458 g/mol. The van der Waals surface area contributed by atoms with Crippen LogP contribution >= 0.6 is 11.3 Å². The minimum absolute atomic E-state index is 0.0704. The Morgan fingerprint density at radius 3 is 2.42 bits per heavy atom. The van der Waals surface area contributed by atoms with Crippen LogP contribution in [0.3, 0.4) is 0 Å². The van der Waals surface area contributed by atoms with Crippen LogP contribution in [0.15, 0.2) is 52.7 Å². The number of hydrogen-bond acceptors (Lipinski definition) is 6. The minimum Gasteiger partial charge on any atom is -0.492 e. The molecule has 0 fully saturated rings. The maximum atomic E-state index is 12.9. The Kier molecular flexibility index (Phi) is 8.23. The lowest BCUT2D eigenvalue weighted by molar-refractivity contribution is -0.115. The molecule has 0 aliphatic rings. The molecule has 1 N–H and O–H groups in total. The van der Waals surface area contributed by atoms with E-state index in [0.717, 1.165) is 10.6 Å². The molecule has 7 nitrogen and oxygen atoms in total. The number of ether oxygens (including phenoxy) is 1. The zero-order chi connectivity index (χ0) is 24.0. The fourth-order valence-electron chi connectivity index (χ4n) is 3.34. The first-order valence-corrected chi connectivity index (χ1v) is 13.2. The molecule has 0 aliphatic heterocycles. The third kappa shape index (κ3) is 5.98. The molecule has 33 heavy (non-hydrogen) atoms. The molecule has 3 aromatic rings. The van der Waals surface area contributed by atoms with Gasteiger partial charge in [-0.15, -0.1) is 11.3 Å². The van der Waals surface area contributed by atoms with Crippen molar-refractivity contribution in [2.45, 2.75) is 39.0 Å². The number of rotatable bonds is 10. The molecule has 0 aliphatic carbocycles. The third-order valence-electron chi connectivity index (χ3n) is 5.06. The molecule has 0 bridgehead atoms. The van der Waals surface area contributed by atoms with E-state index in [9.17, 15) is 13.2 Å². The molecule has 0 radical (unpaired) electrons. The van der Waals surface area contributed by atoms with Crippen molar-refractivity contribution in [1.29, 1.82) is 0 Å². The van der Waals surface area contributed by atoms with Gasteiger partial charge in [-0.05, 0) is 32.0 Å². The molecule has 0 unspecified atom stereocenters. The largest absolute Gasteiger partial charge is 0.492 e. The fourth-order valence-corrected chi connectivity index (χ4v) is 5.65. The average molecular weight is 488 g/mol. The number of nitrogens with zero attached hydrogens (tertiary/aromatic N) is 2. The smallest absolute Gasteiger partial charge is 0.243 e. The summed E-state index contributed by atoms with van der Waals surface area (Å²) >= 11 is 1.48. The van der Waals surface area contributed by atoms with E-state index in [-0.39, 0.29) is 17.2 Å². The van der Waals surface area contributed by atoms with E-state index >= 15 is 0 Å². The number of aromatic nitrogens is 1. The second kappa shape index (κ2) is 10.9. The summed E-state index contributed by atoms with van der Waals surface area (Å²) in [6.45, 7) is 8.54. The van der Waals surface area contributed by atoms with Gasteiger partial charge in [0.2, 0.25) is 15.9 Å². The van der Waals surface area contributed by atoms with Crippen molar-refractivity contribution < 1.29 is 17.9 Å². The lowest BCUT2D eigenvalue weighted by atomic mass is 10.2. The molecule has 0 atom stereocenters. The maximum absolute atomic E-state index is 12.9. The Morgan fingerprint density at radius 2 is 1.79 bits per heavy atom. The number of amides is 1. The van der Waals surface area contributed by atoms with Crippen LogP contribution in [0, 0.1) is 6.92 Å². The van der Waals surface area contributed by atoms with E-state index in [4.69, 9.17) is 4.74 Å². The monoisotopic (exact) mass is 487 g/mol. The van der Waals surface area contributed by atoms with E-state index in [2.05, 4.69) is 10.3 Å². The van der Waals surface area contributed by atoms with Crippen LogP contribution in [-0.2, 0) is 21.2 Å². The van der Waals surface area contributed by atoms with Crippen LogP contribution in [0.5, 0.6) is 5.75 Å². The van der Waals surface area contributed by atoms with Gasteiger partial charge in [0.15, 0.2) is 0 Å². The Morgan fingerprint density at radius 1 is 1.09 bits per heavy atom. The Balaban J connectivity index is 1.80. The quantitative estimate of drug-likeness (QED) is 0.447. The minimum atomic E-state index is -3.66. The van der Waals surface area contributed by atoms with Crippen molar-refractivity contribution >= 4 is 33.0 Å². The number of sulfonamides is 1. The number of carbonyl (C=O) groups excluding carboxylic acids is 1.